The number of carboxylic acids is 1. The number of ether oxygens (including phenoxy) is 1. The van der Waals surface area contributed by atoms with Crippen LogP contribution in [0.5, 0.6) is 5.75 Å². The van der Waals surface area contributed by atoms with Crippen LogP contribution in [0.25, 0.3) is 11.0 Å². The summed E-state index contributed by atoms with van der Waals surface area (Å²) in [5.74, 6) is -1.43. The predicted octanol–water partition coefficient (Wildman–Crippen LogP) is 4.54. The van der Waals surface area contributed by atoms with Crippen molar-refractivity contribution in [2.24, 2.45) is 0 Å². The summed E-state index contributed by atoms with van der Waals surface area (Å²) in [5.41, 5.74) is 3.06. The lowest BCUT2D eigenvalue weighted by Crippen LogP contribution is -2.44. The maximum Gasteiger partial charge on any atom is 0.340 e. The van der Waals surface area contributed by atoms with Gasteiger partial charge in [0, 0.05) is 34.9 Å². The molecule has 0 radical (unpaired) electrons. The second-order valence-electron chi connectivity index (χ2n) is 8.39. The molecule has 7 nitrogen and oxygen atoms in total. The Labute approximate surface area is 212 Å². The van der Waals surface area contributed by atoms with Gasteiger partial charge in [0.1, 0.15) is 17.4 Å². The number of halogens is 1. The van der Waals surface area contributed by atoms with Crippen LogP contribution in [0.2, 0.25) is 5.02 Å². The number of aliphatic carboxylic acids is 1. The van der Waals surface area contributed by atoms with E-state index in [1.807, 2.05) is 37.3 Å². The summed E-state index contributed by atoms with van der Waals surface area (Å²) in [6, 6.07) is 20.3. The minimum Gasteiger partial charge on any atom is -0.484 e. The van der Waals surface area contributed by atoms with Crippen molar-refractivity contribution in [3.63, 3.8) is 0 Å². The number of carboxylic acid groups (broad SMARTS) is 1. The lowest BCUT2D eigenvalue weighted by atomic mass is 10.00. The Balaban J connectivity index is 1.43. The van der Waals surface area contributed by atoms with Crippen molar-refractivity contribution >= 4 is 34.4 Å². The van der Waals surface area contributed by atoms with E-state index in [-0.39, 0.29) is 6.42 Å². The molecule has 4 rings (SSSR count). The molecule has 8 heteroatoms. The van der Waals surface area contributed by atoms with Crippen LogP contribution in [0.4, 0.5) is 0 Å². The molecular weight excluding hydrogens is 482 g/mol. The Bertz CT molecular complexity index is 1450. The number of amides is 1. The first-order valence-corrected chi connectivity index (χ1v) is 11.7. The average molecular weight is 506 g/mol. The first kappa shape index (κ1) is 25.0. The molecule has 1 atom stereocenters. The highest BCUT2D eigenvalue weighted by Crippen LogP contribution is 2.25. The number of carbonyl (C=O) groups excluding carboxylic acids is 1. The molecule has 36 heavy (non-hydrogen) atoms. The van der Waals surface area contributed by atoms with E-state index in [1.54, 1.807) is 42.5 Å². The lowest BCUT2D eigenvalue weighted by Gasteiger charge is -2.15. The Kier molecular flexibility index (Phi) is 7.71. The van der Waals surface area contributed by atoms with Crippen molar-refractivity contribution in [1.82, 2.24) is 5.32 Å². The molecule has 3 aromatic carbocycles. The fraction of sp³-hybridized carbons (Fsp3) is 0.179. The van der Waals surface area contributed by atoms with Crippen LogP contribution in [0.3, 0.4) is 0 Å². The summed E-state index contributed by atoms with van der Waals surface area (Å²) >= 11 is 5.86. The topological polar surface area (TPSA) is 106 Å². The second-order valence-corrected chi connectivity index (χ2v) is 8.83. The zero-order chi connectivity index (χ0) is 25.7. The molecule has 0 aliphatic rings. The summed E-state index contributed by atoms with van der Waals surface area (Å²) in [7, 11) is 0. The van der Waals surface area contributed by atoms with E-state index in [1.165, 1.54) is 0 Å². The minimum absolute atomic E-state index is 0.101. The third-order valence-electron chi connectivity index (χ3n) is 5.84. The van der Waals surface area contributed by atoms with Crippen LogP contribution >= 0.6 is 11.6 Å². The third-order valence-corrected chi connectivity index (χ3v) is 6.09. The molecule has 4 aromatic rings. The molecule has 0 aliphatic heterocycles. The Morgan fingerprint density at radius 3 is 2.44 bits per heavy atom. The van der Waals surface area contributed by atoms with Gasteiger partial charge in [0.15, 0.2) is 6.61 Å². The molecule has 0 aliphatic carbocycles. The van der Waals surface area contributed by atoms with Gasteiger partial charge in [-0.25, -0.2) is 9.59 Å². The van der Waals surface area contributed by atoms with Gasteiger partial charge in [-0.3, -0.25) is 4.79 Å². The molecule has 0 saturated carbocycles. The maximum atomic E-state index is 12.7. The van der Waals surface area contributed by atoms with Gasteiger partial charge in [-0.2, -0.15) is 0 Å². The monoisotopic (exact) mass is 505 g/mol. The number of nitrogens with one attached hydrogen (secondary N) is 1. The summed E-state index contributed by atoms with van der Waals surface area (Å²) < 4.78 is 11.1. The van der Waals surface area contributed by atoms with Crippen LogP contribution < -0.4 is 15.7 Å². The quantitative estimate of drug-likeness (QED) is 0.324. The van der Waals surface area contributed by atoms with Gasteiger partial charge in [0.2, 0.25) is 0 Å². The predicted molar refractivity (Wildman–Crippen MR) is 137 cm³/mol. The van der Waals surface area contributed by atoms with Crippen LogP contribution in [0.15, 0.2) is 82.0 Å². The molecule has 0 unspecified atom stereocenters. The summed E-state index contributed by atoms with van der Waals surface area (Å²) in [4.78, 5) is 36.6. The summed E-state index contributed by atoms with van der Waals surface area (Å²) in [5, 5.41) is 13.3. The Hall–Kier alpha value is -4.10. The van der Waals surface area contributed by atoms with Gasteiger partial charge >= 0.3 is 11.6 Å². The SMILES string of the molecule is Cc1c(Cc2ccccc2)c(=O)oc2cc(OCC(=O)N[C@@H](Cc3ccc(Cl)cc3)C(=O)O)ccc12. The Morgan fingerprint density at radius 1 is 1.03 bits per heavy atom. The number of carbonyl (C=O) groups is 2. The fourth-order valence-electron chi connectivity index (χ4n) is 3.91. The van der Waals surface area contributed by atoms with Crippen molar-refractivity contribution in [1.29, 1.82) is 0 Å². The Morgan fingerprint density at radius 2 is 1.75 bits per heavy atom. The minimum atomic E-state index is -1.16. The number of rotatable bonds is 9. The average Bonchev–Trinajstić information content (AvgIpc) is 2.86. The number of benzene rings is 3. The number of hydrogen-bond donors (Lipinski definition) is 2. The van der Waals surface area contributed by atoms with Crippen LogP contribution in [-0.2, 0) is 22.4 Å². The van der Waals surface area contributed by atoms with Crippen molar-refractivity contribution < 1.29 is 23.8 Å². The highest BCUT2D eigenvalue weighted by molar-refractivity contribution is 6.30. The zero-order valence-electron chi connectivity index (χ0n) is 19.5. The molecule has 1 heterocycles. The second kappa shape index (κ2) is 11.1. The number of hydrogen-bond acceptors (Lipinski definition) is 5. The van der Waals surface area contributed by atoms with Crippen LogP contribution in [0.1, 0.15) is 22.3 Å². The van der Waals surface area contributed by atoms with Crippen molar-refractivity contribution in [2.75, 3.05) is 6.61 Å². The molecule has 1 amide bonds. The van der Waals surface area contributed by atoms with Gasteiger partial charge in [-0.15, -0.1) is 0 Å². The molecule has 0 spiro atoms. The van der Waals surface area contributed by atoms with E-state index in [2.05, 4.69) is 5.32 Å². The molecule has 184 valence electrons. The van der Waals surface area contributed by atoms with Gasteiger partial charge < -0.3 is 19.6 Å². The van der Waals surface area contributed by atoms with Crippen molar-refractivity contribution in [3.8, 4) is 5.75 Å². The van der Waals surface area contributed by atoms with E-state index in [0.717, 1.165) is 22.1 Å². The first-order chi connectivity index (χ1) is 17.3. The molecule has 0 saturated heterocycles. The van der Waals surface area contributed by atoms with E-state index in [4.69, 9.17) is 20.8 Å². The standard InChI is InChI=1S/C28H24ClNO6/c1-17-22-12-11-21(15-25(22)36-28(34)23(17)13-18-5-3-2-4-6-18)35-16-26(31)30-24(27(32)33)14-19-7-9-20(29)10-8-19/h2-12,15,24H,13-14,16H2,1H3,(H,30,31)(H,32,33)/t24-/m0/s1. The van der Waals surface area contributed by atoms with Crippen LogP contribution in [-0.4, -0.2) is 29.6 Å². The molecule has 2 N–H and O–H groups in total. The van der Waals surface area contributed by atoms with Crippen LogP contribution in [0, 0.1) is 6.92 Å². The van der Waals surface area contributed by atoms with Crippen molar-refractivity contribution in [3.05, 3.63) is 110 Å². The maximum absolute atomic E-state index is 12.7. The van der Waals surface area contributed by atoms with Gasteiger partial charge in [-0.05, 0) is 47.9 Å². The smallest absolute Gasteiger partial charge is 0.340 e. The normalized spacial score (nSPS) is 11.7. The summed E-state index contributed by atoms with van der Waals surface area (Å²) in [6.45, 7) is 1.48. The number of aryl methyl sites for hydroxylation is 1. The fourth-order valence-corrected chi connectivity index (χ4v) is 4.04. The van der Waals surface area contributed by atoms with Crippen molar-refractivity contribution in [2.45, 2.75) is 25.8 Å². The molecule has 1 aromatic heterocycles. The molecule has 0 fully saturated rings. The van der Waals surface area contributed by atoms with E-state index >= 15 is 0 Å². The van der Waals surface area contributed by atoms with E-state index in [9.17, 15) is 19.5 Å². The number of fused-ring (bicyclic) bond motifs is 1. The lowest BCUT2D eigenvalue weighted by molar-refractivity contribution is -0.142. The van der Waals surface area contributed by atoms with E-state index < -0.39 is 30.2 Å². The van der Waals surface area contributed by atoms with Gasteiger partial charge in [-0.1, -0.05) is 54.1 Å². The highest BCUT2D eigenvalue weighted by Gasteiger charge is 2.21. The molecule has 0 bridgehead atoms. The van der Waals surface area contributed by atoms with E-state index in [0.29, 0.717) is 28.3 Å². The van der Waals surface area contributed by atoms with Gasteiger partial charge in [0.05, 0.1) is 0 Å². The highest BCUT2D eigenvalue weighted by atomic mass is 35.5. The molecular formula is C28H24ClNO6. The first-order valence-electron chi connectivity index (χ1n) is 11.3. The largest absolute Gasteiger partial charge is 0.484 e. The van der Waals surface area contributed by atoms with Gasteiger partial charge in [0.25, 0.3) is 5.91 Å². The third kappa shape index (κ3) is 6.12. The summed E-state index contributed by atoms with van der Waals surface area (Å²) in [6.07, 6.45) is 0.564. The zero-order valence-corrected chi connectivity index (χ0v) is 20.2.